The minimum Gasteiger partial charge on any atom is -0.367 e. The highest BCUT2D eigenvalue weighted by molar-refractivity contribution is 5.89. The lowest BCUT2D eigenvalue weighted by atomic mass is 9.75. The maximum absolute atomic E-state index is 13.7. The summed E-state index contributed by atoms with van der Waals surface area (Å²) in [6.07, 6.45) is 3.36. The zero-order valence-corrected chi connectivity index (χ0v) is 12.6. The second kappa shape index (κ2) is 6.65. The molecule has 2 nitrogen and oxygen atoms in total. The van der Waals surface area contributed by atoms with Crippen LogP contribution in [0.25, 0.3) is 0 Å². The number of ketones is 1. The van der Waals surface area contributed by atoms with Gasteiger partial charge in [0.15, 0.2) is 5.78 Å². The summed E-state index contributed by atoms with van der Waals surface area (Å²) in [5, 5.41) is 0. The van der Waals surface area contributed by atoms with E-state index < -0.39 is 17.2 Å². The lowest BCUT2D eigenvalue weighted by Crippen LogP contribution is -2.46. The number of rotatable bonds is 5. The maximum atomic E-state index is 13.7. The SMILES string of the molecule is CCOC1(C(=O)Cc2ccc(F)cc2F)CCCC(C)C1. The molecule has 0 aliphatic heterocycles. The minimum atomic E-state index is -0.798. The molecule has 0 heterocycles. The van der Waals surface area contributed by atoms with Gasteiger partial charge in [0.1, 0.15) is 17.2 Å². The molecule has 2 atom stereocenters. The molecule has 1 aromatic carbocycles. The first-order chi connectivity index (χ1) is 9.97. The van der Waals surface area contributed by atoms with E-state index >= 15 is 0 Å². The summed E-state index contributed by atoms with van der Waals surface area (Å²) in [7, 11) is 0. The van der Waals surface area contributed by atoms with Crippen molar-refractivity contribution in [3.63, 3.8) is 0 Å². The smallest absolute Gasteiger partial charge is 0.169 e. The molecule has 1 aliphatic rings. The maximum Gasteiger partial charge on any atom is 0.169 e. The zero-order valence-electron chi connectivity index (χ0n) is 12.6. The Bertz CT molecular complexity index is 512. The highest BCUT2D eigenvalue weighted by Gasteiger charge is 2.42. The molecule has 0 saturated heterocycles. The predicted octanol–water partition coefficient (Wildman–Crippen LogP) is 4.06. The molecule has 0 aromatic heterocycles. The summed E-state index contributed by atoms with van der Waals surface area (Å²) in [4.78, 5) is 12.7. The number of carbonyl (C=O) groups excluding carboxylic acids is 1. The molecule has 2 rings (SSSR count). The molecule has 2 unspecified atom stereocenters. The van der Waals surface area contributed by atoms with Crippen molar-refractivity contribution in [3.8, 4) is 0 Å². The van der Waals surface area contributed by atoms with Gasteiger partial charge in [-0.1, -0.05) is 19.4 Å². The van der Waals surface area contributed by atoms with Crippen LogP contribution in [0.4, 0.5) is 8.78 Å². The third-order valence-corrected chi connectivity index (χ3v) is 4.25. The fraction of sp³-hybridized carbons (Fsp3) is 0.588. The summed E-state index contributed by atoms with van der Waals surface area (Å²) < 4.78 is 32.5. The van der Waals surface area contributed by atoms with Crippen LogP contribution in [0, 0.1) is 17.6 Å². The first-order valence-corrected chi connectivity index (χ1v) is 7.58. The highest BCUT2D eigenvalue weighted by atomic mass is 19.1. The van der Waals surface area contributed by atoms with E-state index in [0.29, 0.717) is 25.4 Å². The standard InChI is InChI=1S/C17H22F2O2/c1-3-21-17(8-4-5-12(2)11-17)16(20)9-13-6-7-14(18)10-15(13)19/h6-7,10,12H,3-5,8-9,11H2,1-2H3. The van der Waals surface area contributed by atoms with Crippen LogP contribution in [-0.2, 0) is 16.0 Å². The van der Waals surface area contributed by atoms with Gasteiger partial charge in [-0.25, -0.2) is 8.78 Å². The Kier molecular flexibility index (Phi) is 5.09. The predicted molar refractivity (Wildman–Crippen MR) is 77.1 cm³/mol. The molecule has 1 saturated carbocycles. The fourth-order valence-corrected chi connectivity index (χ4v) is 3.24. The van der Waals surface area contributed by atoms with E-state index in [-0.39, 0.29) is 17.8 Å². The number of carbonyl (C=O) groups is 1. The third-order valence-electron chi connectivity index (χ3n) is 4.25. The molecule has 1 aromatic rings. The average Bonchev–Trinajstić information content (AvgIpc) is 2.42. The quantitative estimate of drug-likeness (QED) is 0.819. The minimum absolute atomic E-state index is 0.0428. The van der Waals surface area contributed by atoms with Gasteiger partial charge in [0, 0.05) is 19.1 Å². The van der Waals surface area contributed by atoms with Crippen molar-refractivity contribution in [2.45, 2.75) is 51.6 Å². The van der Waals surface area contributed by atoms with Gasteiger partial charge in [-0.05, 0) is 43.7 Å². The summed E-state index contributed by atoms with van der Waals surface area (Å²) >= 11 is 0. The first kappa shape index (κ1) is 16.1. The highest BCUT2D eigenvalue weighted by Crippen LogP contribution is 2.36. The van der Waals surface area contributed by atoms with Crippen molar-refractivity contribution in [3.05, 3.63) is 35.4 Å². The lowest BCUT2D eigenvalue weighted by molar-refractivity contribution is -0.150. The van der Waals surface area contributed by atoms with Gasteiger partial charge in [-0.3, -0.25) is 4.79 Å². The first-order valence-electron chi connectivity index (χ1n) is 7.58. The molecule has 0 radical (unpaired) electrons. The van der Waals surface area contributed by atoms with E-state index in [9.17, 15) is 13.6 Å². The normalized spacial score (nSPS) is 25.8. The number of halogens is 2. The average molecular weight is 296 g/mol. The Morgan fingerprint density at radius 1 is 1.43 bits per heavy atom. The summed E-state index contributed by atoms with van der Waals surface area (Å²) in [5.74, 6) is -0.970. The lowest BCUT2D eigenvalue weighted by Gasteiger charge is -2.38. The van der Waals surface area contributed by atoms with Crippen LogP contribution in [0.15, 0.2) is 18.2 Å². The fourth-order valence-electron chi connectivity index (χ4n) is 3.24. The van der Waals surface area contributed by atoms with E-state index in [2.05, 4.69) is 6.92 Å². The van der Waals surface area contributed by atoms with Crippen molar-refractivity contribution >= 4 is 5.78 Å². The van der Waals surface area contributed by atoms with Crippen molar-refractivity contribution in [1.29, 1.82) is 0 Å². The molecule has 1 fully saturated rings. The van der Waals surface area contributed by atoms with Crippen molar-refractivity contribution in [1.82, 2.24) is 0 Å². The van der Waals surface area contributed by atoms with Gasteiger partial charge in [0.2, 0.25) is 0 Å². The molecule has 1 aliphatic carbocycles. The Morgan fingerprint density at radius 3 is 2.81 bits per heavy atom. The van der Waals surface area contributed by atoms with Gasteiger partial charge < -0.3 is 4.74 Å². The van der Waals surface area contributed by atoms with Crippen LogP contribution >= 0.6 is 0 Å². The molecule has 4 heteroatoms. The second-order valence-electron chi connectivity index (χ2n) is 5.96. The summed E-state index contributed by atoms with van der Waals surface area (Å²) in [6.45, 7) is 4.44. The summed E-state index contributed by atoms with van der Waals surface area (Å²) in [5.41, 5.74) is -0.563. The van der Waals surface area contributed by atoms with Gasteiger partial charge >= 0.3 is 0 Å². The third kappa shape index (κ3) is 3.67. The van der Waals surface area contributed by atoms with Crippen molar-refractivity contribution in [2.75, 3.05) is 6.61 Å². The Morgan fingerprint density at radius 2 is 2.19 bits per heavy atom. The van der Waals surface area contributed by atoms with Crippen LogP contribution in [0.1, 0.15) is 45.1 Å². The molecule has 0 bridgehead atoms. The van der Waals surface area contributed by atoms with E-state index in [1.807, 2.05) is 6.92 Å². The Balaban J connectivity index is 2.18. The van der Waals surface area contributed by atoms with Gasteiger partial charge in [-0.15, -0.1) is 0 Å². The number of ether oxygens (including phenoxy) is 1. The van der Waals surface area contributed by atoms with E-state index in [1.54, 1.807) is 0 Å². The van der Waals surface area contributed by atoms with Crippen LogP contribution in [-0.4, -0.2) is 18.0 Å². The Hall–Kier alpha value is -1.29. The van der Waals surface area contributed by atoms with Crippen molar-refractivity contribution in [2.24, 2.45) is 5.92 Å². The largest absolute Gasteiger partial charge is 0.367 e. The Labute approximate surface area is 124 Å². The number of hydrogen-bond donors (Lipinski definition) is 0. The molecule has 0 amide bonds. The van der Waals surface area contributed by atoms with Gasteiger partial charge in [0.25, 0.3) is 0 Å². The molecule has 21 heavy (non-hydrogen) atoms. The summed E-state index contributed by atoms with van der Waals surface area (Å²) in [6, 6.07) is 3.34. The van der Waals surface area contributed by atoms with Crippen LogP contribution in [0.2, 0.25) is 0 Å². The molecular weight excluding hydrogens is 274 g/mol. The number of Topliss-reactive ketones (excluding diaryl/α,β-unsaturated/α-hetero) is 1. The van der Waals surface area contributed by atoms with E-state index in [0.717, 1.165) is 18.9 Å². The van der Waals surface area contributed by atoms with Gasteiger partial charge in [-0.2, -0.15) is 0 Å². The van der Waals surface area contributed by atoms with Gasteiger partial charge in [0.05, 0.1) is 0 Å². The second-order valence-corrected chi connectivity index (χ2v) is 5.96. The van der Waals surface area contributed by atoms with Crippen LogP contribution < -0.4 is 0 Å². The van der Waals surface area contributed by atoms with Crippen molar-refractivity contribution < 1.29 is 18.3 Å². The molecule has 116 valence electrons. The molecule has 0 spiro atoms. The number of benzene rings is 1. The van der Waals surface area contributed by atoms with Crippen LogP contribution in [0.3, 0.4) is 0 Å². The monoisotopic (exact) mass is 296 g/mol. The molecule has 0 N–H and O–H groups in total. The molecular formula is C17H22F2O2. The topological polar surface area (TPSA) is 26.3 Å². The van der Waals surface area contributed by atoms with E-state index in [4.69, 9.17) is 4.74 Å². The van der Waals surface area contributed by atoms with E-state index in [1.165, 1.54) is 12.1 Å². The van der Waals surface area contributed by atoms with Crippen LogP contribution in [0.5, 0.6) is 0 Å². The zero-order chi connectivity index (χ0) is 15.5. The number of hydrogen-bond acceptors (Lipinski definition) is 2.